The Hall–Kier alpha value is 0.0200. The number of hydrogen-bond donors (Lipinski definition) is 0. The van der Waals surface area contributed by atoms with E-state index < -0.39 is 0 Å². The largest absolute Gasteiger partial charge is 0.279 e. The lowest BCUT2D eigenvalue weighted by molar-refractivity contribution is 0.686. The fourth-order valence-corrected chi connectivity index (χ4v) is 2.21. The van der Waals surface area contributed by atoms with Gasteiger partial charge in [0, 0.05) is 5.75 Å². The first-order valence-corrected chi connectivity index (χ1v) is 4.86. The number of thioether (sulfide) groups is 1. The molecule has 1 aliphatic rings. The molecule has 0 spiro atoms. The first kappa shape index (κ1) is 8.12. The van der Waals surface area contributed by atoms with Gasteiger partial charge in [-0.15, -0.1) is 11.8 Å². The van der Waals surface area contributed by atoms with Crippen LogP contribution in [-0.2, 0) is 0 Å². The summed E-state index contributed by atoms with van der Waals surface area (Å²) in [5, 5.41) is 1.36. The summed E-state index contributed by atoms with van der Waals surface area (Å²) in [5.74, 6) is 1.96. The molecule has 10 heavy (non-hydrogen) atoms. The van der Waals surface area contributed by atoms with E-state index in [4.69, 9.17) is 0 Å². The van der Waals surface area contributed by atoms with E-state index in [2.05, 4.69) is 25.8 Å². The molecule has 1 rings (SSSR count). The maximum atomic E-state index is 4.51. The molecular weight excluding hydrogens is 142 g/mol. The average Bonchev–Trinajstić information content (AvgIpc) is 2.13. The first-order valence-electron chi connectivity index (χ1n) is 3.88. The van der Waals surface area contributed by atoms with Gasteiger partial charge in [-0.05, 0) is 19.3 Å². The van der Waals surface area contributed by atoms with Crippen LogP contribution in [0.1, 0.15) is 27.2 Å². The Bertz CT molecular complexity index is 140. The van der Waals surface area contributed by atoms with Crippen molar-refractivity contribution < 1.29 is 0 Å². The number of nitrogens with zero attached hydrogens (tertiary/aromatic N) is 1. The van der Waals surface area contributed by atoms with Crippen molar-refractivity contribution in [1.82, 2.24) is 0 Å². The molecule has 0 fully saturated rings. The van der Waals surface area contributed by atoms with Crippen LogP contribution in [0.3, 0.4) is 0 Å². The molecule has 1 unspecified atom stereocenters. The Morgan fingerprint density at radius 1 is 1.70 bits per heavy atom. The predicted octanol–water partition coefficient (Wildman–Crippen LogP) is 2.57. The maximum Gasteiger partial charge on any atom is 0.0682 e. The zero-order chi connectivity index (χ0) is 7.56. The molecule has 0 amide bonds. The van der Waals surface area contributed by atoms with Crippen molar-refractivity contribution in [3.05, 3.63) is 0 Å². The van der Waals surface area contributed by atoms with E-state index in [1.165, 1.54) is 17.2 Å². The van der Waals surface area contributed by atoms with Crippen molar-refractivity contribution in [2.45, 2.75) is 33.2 Å². The Labute approximate surface area is 67.3 Å². The summed E-state index contributed by atoms with van der Waals surface area (Å²) in [7, 11) is 0. The fourth-order valence-electron chi connectivity index (χ4n) is 0.998. The summed E-state index contributed by atoms with van der Waals surface area (Å²) >= 11 is 1.93. The third-order valence-electron chi connectivity index (χ3n) is 1.44. The Balaban J connectivity index is 2.35. The third-order valence-corrected chi connectivity index (χ3v) is 2.69. The summed E-state index contributed by atoms with van der Waals surface area (Å²) in [6, 6.07) is 0.568. The van der Waals surface area contributed by atoms with E-state index in [1.54, 1.807) is 0 Å². The lowest BCUT2D eigenvalue weighted by Gasteiger charge is -2.01. The van der Waals surface area contributed by atoms with Gasteiger partial charge in [0.15, 0.2) is 0 Å². The molecule has 0 N–H and O–H groups in total. The lowest BCUT2D eigenvalue weighted by Crippen LogP contribution is -1.95. The van der Waals surface area contributed by atoms with Gasteiger partial charge in [-0.25, -0.2) is 0 Å². The van der Waals surface area contributed by atoms with Gasteiger partial charge in [0.1, 0.15) is 0 Å². The van der Waals surface area contributed by atoms with Gasteiger partial charge in [0.05, 0.1) is 11.1 Å². The van der Waals surface area contributed by atoms with E-state index >= 15 is 0 Å². The second-order valence-corrected chi connectivity index (χ2v) is 4.37. The molecule has 1 heterocycles. The molecule has 0 saturated carbocycles. The Morgan fingerprint density at radius 3 is 2.80 bits per heavy atom. The van der Waals surface area contributed by atoms with Gasteiger partial charge in [-0.3, -0.25) is 4.99 Å². The van der Waals surface area contributed by atoms with Crippen molar-refractivity contribution in [1.29, 1.82) is 0 Å². The van der Waals surface area contributed by atoms with E-state index in [-0.39, 0.29) is 0 Å². The van der Waals surface area contributed by atoms with Gasteiger partial charge in [0.25, 0.3) is 0 Å². The smallest absolute Gasteiger partial charge is 0.0682 e. The molecule has 0 radical (unpaired) electrons. The van der Waals surface area contributed by atoms with Crippen LogP contribution in [0.4, 0.5) is 0 Å². The third kappa shape index (κ3) is 2.33. The highest BCUT2D eigenvalue weighted by molar-refractivity contribution is 8.14. The van der Waals surface area contributed by atoms with Crippen LogP contribution >= 0.6 is 11.8 Å². The maximum absolute atomic E-state index is 4.51. The van der Waals surface area contributed by atoms with Gasteiger partial charge in [-0.2, -0.15) is 0 Å². The molecule has 0 aromatic carbocycles. The van der Waals surface area contributed by atoms with Gasteiger partial charge < -0.3 is 0 Å². The van der Waals surface area contributed by atoms with E-state index in [9.17, 15) is 0 Å². The summed E-state index contributed by atoms with van der Waals surface area (Å²) in [6.45, 7) is 6.67. The molecule has 0 aromatic rings. The van der Waals surface area contributed by atoms with Crippen molar-refractivity contribution in [3.8, 4) is 0 Å². The van der Waals surface area contributed by atoms with Gasteiger partial charge in [-0.1, -0.05) is 13.8 Å². The molecule has 0 aliphatic carbocycles. The van der Waals surface area contributed by atoms with Crippen molar-refractivity contribution in [2.24, 2.45) is 10.9 Å². The standard InChI is InChI=1S/C8H15NS/c1-6(2)4-8-9-7(3)5-10-8/h6-7H,4-5H2,1-3H3. The van der Waals surface area contributed by atoms with E-state index in [0.29, 0.717) is 6.04 Å². The normalized spacial score (nSPS) is 25.6. The highest BCUT2D eigenvalue weighted by Gasteiger charge is 2.13. The lowest BCUT2D eigenvalue weighted by atomic mass is 10.1. The quantitative estimate of drug-likeness (QED) is 0.600. The zero-order valence-corrected chi connectivity index (χ0v) is 7.74. The number of hydrogen-bond acceptors (Lipinski definition) is 2. The minimum absolute atomic E-state index is 0.568. The number of rotatable bonds is 2. The molecule has 2 heteroatoms. The molecule has 1 nitrogen and oxygen atoms in total. The fraction of sp³-hybridized carbons (Fsp3) is 0.875. The molecule has 0 aromatic heterocycles. The van der Waals surface area contributed by atoms with Crippen LogP contribution in [0.25, 0.3) is 0 Å². The second-order valence-electron chi connectivity index (χ2n) is 3.28. The zero-order valence-electron chi connectivity index (χ0n) is 6.92. The van der Waals surface area contributed by atoms with Crippen LogP contribution in [0.5, 0.6) is 0 Å². The predicted molar refractivity (Wildman–Crippen MR) is 48.8 cm³/mol. The highest BCUT2D eigenvalue weighted by atomic mass is 32.2. The number of aliphatic imine (C=N–C) groups is 1. The van der Waals surface area contributed by atoms with Crippen LogP contribution in [0.2, 0.25) is 0 Å². The van der Waals surface area contributed by atoms with E-state index in [0.717, 1.165) is 5.92 Å². The van der Waals surface area contributed by atoms with Crippen molar-refractivity contribution >= 4 is 16.8 Å². The van der Waals surface area contributed by atoms with Gasteiger partial charge >= 0.3 is 0 Å². The molecule has 58 valence electrons. The molecule has 0 saturated heterocycles. The van der Waals surface area contributed by atoms with E-state index in [1.807, 2.05) is 11.8 Å². The van der Waals surface area contributed by atoms with Crippen LogP contribution in [0, 0.1) is 5.92 Å². The molecule has 1 atom stereocenters. The SMILES string of the molecule is CC(C)CC1=NC(C)CS1. The summed E-state index contributed by atoms with van der Waals surface area (Å²) in [5.41, 5.74) is 0. The topological polar surface area (TPSA) is 12.4 Å². The monoisotopic (exact) mass is 157 g/mol. The van der Waals surface area contributed by atoms with Crippen molar-refractivity contribution in [2.75, 3.05) is 5.75 Å². The van der Waals surface area contributed by atoms with Gasteiger partial charge in [0.2, 0.25) is 0 Å². The summed E-state index contributed by atoms with van der Waals surface area (Å²) < 4.78 is 0. The minimum Gasteiger partial charge on any atom is -0.279 e. The first-order chi connectivity index (χ1) is 4.68. The average molecular weight is 157 g/mol. The Morgan fingerprint density at radius 2 is 2.40 bits per heavy atom. The van der Waals surface area contributed by atoms with Crippen LogP contribution in [-0.4, -0.2) is 16.8 Å². The molecule has 1 aliphatic heterocycles. The minimum atomic E-state index is 0.568. The molecular formula is C8H15NS. The second kappa shape index (κ2) is 3.42. The van der Waals surface area contributed by atoms with Crippen molar-refractivity contribution in [3.63, 3.8) is 0 Å². The van der Waals surface area contributed by atoms with Crippen LogP contribution < -0.4 is 0 Å². The molecule has 0 bridgehead atoms. The summed E-state index contributed by atoms with van der Waals surface area (Å²) in [4.78, 5) is 4.51. The highest BCUT2D eigenvalue weighted by Crippen LogP contribution is 2.22. The Kier molecular flexibility index (Phi) is 2.78. The van der Waals surface area contributed by atoms with Crippen LogP contribution in [0.15, 0.2) is 4.99 Å². The summed E-state index contributed by atoms with van der Waals surface area (Å²) in [6.07, 6.45) is 1.18.